The summed E-state index contributed by atoms with van der Waals surface area (Å²) in [4.78, 5) is 0. The molecule has 0 saturated carbocycles. The Balaban J connectivity index is 3.47. The van der Waals surface area contributed by atoms with Crippen molar-refractivity contribution in [2.45, 2.75) is 74.8 Å². The maximum Gasteiger partial charge on any atom is 0.384 e. The van der Waals surface area contributed by atoms with Gasteiger partial charge in [-0.25, -0.2) is 22.0 Å². The molecule has 1 aromatic carbocycles. The van der Waals surface area contributed by atoms with Crippen molar-refractivity contribution >= 4 is 0 Å². The van der Waals surface area contributed by atoms with Crippen LogP contribution in [0.5, 0.6) is 0 Å². The van der Waals surface area contributed by atoms with Crippen LogP contribution >= 0.6 is 0 Å². The fraction of sp³-hybridized carbons (Fsp3) is 0.700. The molecule has 0 aliphatic rings. The first-order valence-corrected chi connectivity index (χ1v) is 9.63. The van der Waals surface area contributed by atoms with Crippen molar-refractivity contribution in [3.05, 3.63) is 35.9 Å². The van der Waals surface area contributed by atoms with Gasteiger partial charge in [0.05, 0.1) is 0 Å². The third-order valence-corrected chi connectivity index (χ3v) is 5.86. The summed E-state index contributed by atoms with van der Waals surface area (Å²) in [6, 6.07) is 4.91. The van der Waals surface area contributed by atoms with E-state index in [-0.39, 0.29) is 13.8 Å². The average Bonchev–Trinajstić information content (AvgIpc) is 2.71. The number of rotatable bonds is 11. The molecule has 0 aromatic heterocycles. The maximum atomic E-state index is 15.4. The van der Waals surface area contributed by atoms with E-state index in [1.54, 1.807) is 0 Å². The fourth-order valence-electron chi connectivity index (χ4n) is 3.27. The Morgan fingerprint density at radius 2 is 1.03 bits per heavy atom. The van der Waals surface area contributed by atoms with Crippen LogP contribution in [0.25, 0.3) is 0 Å². The standard InChI is InChI=1S/C20H19F15/c1-10(9-15(25,14(3,23)24)12-7-5-4-6-8-12)11(2)16(26,27)18(30,31)20(34,35)19(32,33)17(28,29)13(21)22/h4-8,10-11,13H,9H2,1-3H3. The summed E-state index contributed by atoms with van der Waals surface area (Å²) < 4.78 is 205. The molecule has 0 amide bonds. The zero-order valence-corrected chi connectivity index (χ0v) is 18.0. The lowest BCUT2D eigenvalue weighted by Crippen LogP contribution is -2.69. The molecule has 0 N–H and O–H groups in total. The minimum Gasteiger partial charge on any atom is -0.232 e. The number of hydrogen-bond donors (Lipinski definition) is 0. The van der Waals surface area contributed by atoms with Crippen molar-refractivity contribution in [2.24, 2.45) is 11.8 Å². The summed E-state index contributed by atoms with van der Waals surface area (Å²) in [5.74, 6) is -46.5. The third kappa shape index (κ3) is 4.79. The molecule has 0 heterocycles. The molecule has 0 aliphatic carbocycles. The zero-order chi connectivity index (χ0) is 28.1. The number of halogens is 15. The van der Waals surface area contributed by atoms with Crippen LogP contribution in [0.1, 0.15) is 32.8 Å². The highest BCUT2D eigenvalue weighted by atomic mass is 19.4. The van der Waals surface area contributed by atoms with Gasteiger partial charge in [-0.3, -0.25) is 0 Å². The number of benzene rings is 1. The molecule has 1 rings (SSSR count). The molecule has 0 saturated heterocycles. The van der Waals surface area contributed by atoms with Crippen molar-refractivity contribution < 1.29 is 65.9 Å². The van der Waals surface area contributed by atoms with E-state index in [1.165, 1.54) is 6.07 Å². The summed E-state index contributed by atoms with van der Waals surface area (Å²) in [6.45, 7) is 0.421. The molecule has 35 heavy (non-hydrogen) atoms. The Morgan fingerprint density at radius 1 is 0.629 bits per heavy atom. The van der Waals surface area contributed by atoms with E-state index in [0.29, 0.717) is 6.92 Å². The van der Waals surface area contributed by atoms with Gasteiger partial charge in [-0.05, 0) is 17.9 Å². The molecule has 3 atom stereocenters. The lowest BCUT2D eigenvalue weighted by Gasteiger charge is -2.43. The fourth-order valence-corrected chi connectivity index (χ4v) is 3.27. The SMILES string of the molecule is CC(CC(F)(c1ccccc1)C(C)(F)F)C(C)C(F)(F)C(F)(F)C(F)(F)C(F)(F)C(F)(F)C(F)F. The molecular formula is C20H19F15. The van der Waals surface area contributed by atoms with Crippen molar-refractivity contribution in [1.82, 2.24) is 0 Å². The second-order valence-corrected chi connectivity index (χ2v) is 8.30. The van der Waals surface area contributed by atoms with Gasteiger partial charge in [0, 0.05) is 12.8 Å². The highest BCUT2D eigenvalue weighted by Gasteiger charge is 2.88. The maximum absolute atomic E-state index is 15.4. The van der Waals surface area contributed by atoms with E-state index in [0.717, 1.165) is 24.3 Å². The minimum absolute atomic E-state index is 0.00522. The first-order valence-electron chi connectivity index (χ1n) is 9.63. The molecule has 1 aromatic rings. The van der Waals surface area contributed by atoms with Gasteiger partial charge in [0.15, 0.2) is 5.67 Å². The Labute approximate surface area is 189 Å². The largest absolute Gasteiger partial charge is 0.384 e. The Hall–Kier alpha value is -1.83. The molecule has 0 bridgehead atoms. The molecule has 0 spiro atoms. The van der Waals surface area contributed by atoms with Crippen LogP contribution in [-0.2, 0) is 5.67 Å². The first-order chi connectivity index (χ1) is 15.3. The normalized spacial score (nSPS) is 18.4. The highest BCUT2D eigenvalue weighted by Crippen LogP contribution is 2.60. The Bertz CT molecular complexity index is 844. The van der Waals surface area contributed by atoms with Crippen LogP contribution in [0, 0.1) is 11.8 Å². The number of alkyl halides is 15. The quantitative estimate of drug-likeness (QED) is 0.245. The van der Waals surface area contributed by atoms with Gasteiger partial charge < -0.3 is 0 Å². The summed E-state index contributed by atoms with van der Waals surface area (Å²) in [5, 5.41) is 0. The predicted octanol–water partition coefficient (Wildman–Crippen LogP) is 8.61. The van der Waals surface area contributed by atoms with Crippen molar-refractivity contribution in [3.63, 3.8) is 0 Å². The van der Waals surface area contributed by atoms with Crippen LogP contribution in [0.15, 0.2) is 30.3 Å². The van der Waals surface area contributed by atoms with Gasteiger partial charge in [-0.15, -0.1) is 0 Å². The zero-order valence-electron chi connectivity index (χ0n) is 18.0. The molecule has 0 radical (unpaired) electrons. The summed E-state index contributed by atoms with van der Waals surface area (Å²) in [7, 11) is 0. The summed E-state index contributed by atoms with van der Waals surface area (Å²) in [5.41, 5.74) is -4.67. The van der Waals surface area contributed by atoms with E-state index in [9.17, 15) is 61.5 Å². The highest BCUT2D eigenvalue weighted by molar-refractivity contribution is 5.25. The summed E-state index contributed by atoms with van der Waals surface area (Å²) >= 11 is 0. The van der Waals surface area contributed by atoms with Crippen LogP contribution in [-0.4, -0.2) is 42.0 Å². The Kier molecular flexibility index (Phi) is 8.23. The molecule has 15 heteroatoms. The minimum atomic E-state index is -7.75. The van der Waals surface area contributed by atoms with E-state index in [4.69, 9.17) is 0 Å². The molecule has 0 fully saturated rings. The van der Waals surface area contributed by atoms with Crippen LogP contribution in [0.3, 0.4) is 0 Å². The Morgan fingerprint density at radius 3 is 1.40 bits per heavy atom. The van der Waals surface area contributed by atoms with E-state index in [1.807, 2.05) is 0 Å². The third-order valence-electron chi connectivity index (χ3n) is 5.86. The van der Waals surface area contributed by atoms with Crippen molar-refractivity contribution in [1.29, 1.82) is 0 Å². The second-order valence-electron chi connectivity index (χ2n) is 8.30. The molecular weight excluding hydrogens is 525 g/mol. The van der Waals surface area contributed by atoms with Gasteiger partial charge in [0.2, 0.25) is 0 Å². The van der Waals surface area contributed by atoms with Gasteiger partial charge in [-0.2, -0.15) is 43.9 Å². The van der Waals surface area contributed by atoms with E-state index < -0.39 is 71.4 Å². The van der Waals surface area contributed by atoms with Gasteiger partial charge in [0.1, 0.15) is 0 Å². The smallest absolute Gasteiger partial charge is 0.232 e. The van der Waals surface area contributed by atoms with Crippen LogP contribution in [0.4, 0.5) is 65.9 Å². The first kappa shape index (κ1) is 31.2. The lowest BCUT2D eigenvalue weighted by molar-refractivity contribution is -0.418. The van der Waals surface area contributed by atoms with Gasteiger partial charge in [-0.1, -0.05) is 44.2 Å². The molecule has 204 valence electrons. The number of hydrogen-bond acceptors (Lipinski definition) is 0. The average molecular weight is 544 g/mol. The van der Waals surface area contributed by atoms with Crippen molar-refractivity contribution in [2.75, 3.05) is 0 Å². The van der Waals surface area contributed by atoms with Gasteiger partial charge >= 0.3 is 36.0 Å². The van der Waals surface area contributed by atoms with Gasteiger partial charge in [0.25, 0.3) is 5.92 Å². The van der Waals surface area contributed by atoms with Crippen LogP contribution < -0.4 is 0 Å². The lowest BCUT2D eigenvalue weighted by atomic mass is 9.75. The van der Waals surface area contributed by atoms with Crippen molar-refractivity contribution in [3.8, 4) is 0 Å². The molecule has 0 aliphatic heterocycles. The second kappa shape index (κ2) is 9.24. The van der Waals surface area contributed by atoms with E-state index in [2.05, 4.69) is 0 Å². The molecule has 3 unspecified atom stereocenters. The van der Waals surface area contributed by atoms with Crippen LogP contribution in [0.2, 0.25) is 0 Å². The molecule has 0 nitrogen and oxygen atoms in total. The topological polar surface area (TPSA) is 0 Å². The summed E-state index contributed by atoms with van der Waals surface area (Å²) in [6.07, 6.45) is -7.38. The van der Waals surface area contributed by atoms with E-state index >= 15 is 4.39 Å². The predicted molar refractivity (Wildman–Crippen MR) is 93.5 cm³/mol. The monoisotopic (exact) mass is 544 g/mol.